The second-order valence-corrected chi connectivity index (χ2v) is 5.18. The van der Waals surface area contributed by atoms with E-state index in [1.54, 1.807) is 6.07 Å². The van der Waals surface area contributed by atoms with Crippen LogP contribution >= 0.6 is 22.6 Å². The smallest absolute Gasteiger partial charge is 0.248 e. The summed E-state index contributed by atoms with van der Waals surface area (Å²) in [5.41, 5.74) is 2.02. The lowest BCUT2D eigenvalue weighted by molar-refractivity contribution is 0.871. The second-order valence-electron chi connectivity index (χ2n) is 3.93. The van der Waals surface area contributed by atoms with E-state index in [9.17, 15) is 4.79 Å². The number of aromatic amines is 1. The van der Waals surface area contributed by atoms with Crippen LogP contribution in [0.5, 0.6) is 0 Å². The van der Waals surface area contributed by atoms with Gasteiger partial charge in [-0.3, -0.25) is 4.79 Å². The van der Waals surface area contributed by atoms with Gasteiger partial charge < -0.3 is 4.98 Å². The second kappa shape index (κ2) is 3.96. The van der Waals surface area contributed by atoms with Gasteiger partial charge in [-0.2, -0.15) is 0 Å². The summed E-state index contributed by atoms with van der Waals surface area (Å²) >= 11 is 2.28. The summed E-state index contributed by atoms with van der Waals surface area (Å²) in [7, 11) is 0. The van der Waals surface area contributed by atoms with Crippen LogP contribution in [-0.2, 0) is 0 Å². The van der Waals surface area contributed by atoms with Gasteiger partial charge >= 0.3 is 0 Å². The van der Waals surface area contributed by atoms with Crippen molar-refractivity contribution in [1.29, 1.82) is 0 Å². The first-order valence-electron chi connectivity index (χ1n) is 4.90. The molecule has 0 fully saturated rings. The van der Waals surface area contributed by atoms with Crippen LogP contribution in [0.3, 0.4) is 0 Å². The minimum Gasteiger partial charge on any atom is -0.322 e. The van der Waals surface area contributed by atoms with Crippen LogP contribution in [-0.4, -0.2) is 4.98 Å². The molecule has 2 aromatic rings. The van der Waals surface area contributed by atoms with E-state index in [4.69, 9.17) is 0 Å². The van der Waals surface area contributed by atoms with Gasteiger partial charge in [0, 0.05) is 20.5 Å². The lowest BCUT2D eigenvalue weighted by Gasteiger charge is -2.09. The number of rotatable bonds is 1. The molecule has 0 aliphatic heterocycles. The molecule has 15 heavy (non-hydrogen) atoms. The predicted octanol–water partition coefficient (Wildman–Crippen LogP) is 3.26. The number of H-pyrrole nitrogens is 1. The quantitative estimate of drug-likeness (QED) is 0.806. The van der Waals surface area contributed by atoms with Crippen molar-refractivity contribution in [2.45, 2.75) is 19.8 Å². The van der Waals surface area contributed by atoms with E-state index < -0.39 is 0 Å². The lowest BCUT2D eigenvalue weighted by atomic mass is 9.99. The first-order valence-corrected chi connectivity index (χ1v) is 5.98. The van der Waals surface area contributed by atoms with Crippen molar-refractivity contribution in [2.75, 3.05) is 0 Å². The molecule has 1 N–H and O–H groups in total. The highest BCUT2D eigenvalue weighted by Crippen LogP contribution is 2.23. The zero-order valence-corrected chi connectivity index (χ0v) is 10.8. The monoisotopic (exact) mass is 313 g/mol. The van der Waals surface area contributed by atoms with Gasteiger partial charge in [-0.1, -0.05) is 13.8 Å². The van der Waals surface area contributed by atoms with Crippen molar-refractivity contribution in [3.8, 4) is 0 Å². The van der Waals surface area contributed by atoms with E-state index in [1.807, 2.05) is 12.1 Å². The molecule has 0 aliphatic rings. The molecule has 0 unspecified atom stereocenters. The van der Waals surface area contributed by atoms with Gasteiger partial charge in [0.15, 0.2) is 0 Å². The Balaban J connectivity index is 2.88. The van der Waals surface area contributed by atoms with E-state index in [-0.39, 0.29) is 5.56 Å². The Labute approximate surface area is 102 Å². The molecular weight excluding hydrogens is 301 g/mol. The third kappa shape index (κ3) is 2.07. The molecular formula is C12H12INO. The number of benzene rings is 1. The van der Waals surface area contributed by atoms with Crippen molar-refractivity contribution in [1.82, 2.24) is 4.98 Å². The molecule has 0 saturated heterocycles. The fraction of sp³-hybridized carbons (Fsp3) is 0.250. The molecule has 3 heteroatoms. The Bertz CT molecular complexity index is 557. The molecule has 0 saturated carbocycles. The third-order valence-electron chi connectivity index (χ3n) is 2.46. The Kier molecular flexibility index (Phi) is 2.82. The fourth-order valence-corrected chi connectivity index (χ4v) is 2.22. The maximum absolute atomic E-state index is 11.4. The van der Waals surface area contributed by atoms with Crippen LogP contribution in [0.25, 0.3) is 10.9 Å². The molecule has 0 bridgehead atoms. The van der Waals surface area contributed by atoms with Crippen LogP contribution in [0.15, 0.2) is 29.1 Å². The maximum atomic E-state index is 11.4. The van der Waals surface area contributed by atoms with E-state index in [0.29, 0.717) is 5.92 Å². The Morgan fingerprint density at radius 1 is 1.27 bits per heavy atom. The van der Waals surface area contributed by atoms with E-state index in [1.165, 1.54) is 3.57 Å². The molecule has 0 aliphatic carbocycles. The standard InChI is InChI=1S/C12H12INO/c1-7(2)9-6-12(15)14-11-4-3-8(13)5-10(9)11/h3-7H,1-2H3,(H,14,15). The number of aromatic nitrogens is 1. The number of fused-ring (bicyclic) bond motifs is 1. The molecule has 1 heterocycles. The van der Waals surface area contributed by atoms with Crippen molar-refractivity contribution >= 4 is 33.5 Å². The van der Waals surface area contributed by atoms with Gasteiger partial charge in [0.1, 0.15) is 0 Å². The fourth-order valence-electron chi connectivity index (χ4n) is 1.73. The van der Waals surface area contributed by atoms with Crippen molar-refractivity contribution in [3.63, 3.8) is 0 Å². The highest BCUT2D eigenvalue weighted by Gasteiger charge is 2.07. The Morgan fingerprint density at radius 3 is 2.67 bits per heavy atom. The minimum atomic E-state index is -0.0209. The zero-order chi connectivity index (χ0) is 11.0. The SMILES string of the molecule is CC(C)c1cc(=O)[nH]c2ccc(I)cc12. The summed E-state index contributed by atoms with van der Waals surface area (Å²) in [6.45, 7) is 4.21. The van der Waals surface area contributed by atoms with E-state index >= 15 is 0 Å². The topological polar surface area (TPSA) is 32.9 Å². The summed E-state index contributed by atoms with van der Waals surface area (Å²) in [4.78, 5) is 14.3. The molecule has 0 amide bonds. The first-order chi connectivity index (χ1) is 7.08. The zero-order valence-electron chi connectivity index (χ0n) is 8.67. The van der Waals surface area contributed by atoms with Gasteiger partial charge in [0.2, 0.25) is 5.56 Å². The summed E-state index contributed by atoms with van der Waals surface area (Å²) < 4.78 is 1.19. The molecule has 78 valence electrons. The molecule has 1 aromatic carbocycles. The van der Waals surface area contributed by atoms with Gasteiger partial charge in [0.05, 0.1) is 0 Å². The highest BCUT2D eigenvalue weighted by atomic mass is 127. The average Bonchev–Trinajstić information content (AvgIpc) is 2.17. The number of halogens is 1. The Morgan fingerprint density at radius 2 is 2.00 bits per heavy atom. The number of hydrogen-bond acceptors (Lipinski definition) is 1. The summed E-state index contributed by atoms with van der Waals surface area (Å²) in [6.07, 6.45) is 0. The van der Waals surface area contributed by atoms with Crippen LogP contribution in [0.1, 0.15) is 25.3 Å². The normalized spacial score (nSPS) is 11.2. The third-order valence-corrected chi connectivity index (χ3v) is 3.13. The predicted molar refractivity (Wildman–Crippen MR) is 71.4 cm³/mol. The molecule has 0 atom stereocenters. The summed E-state index contributed by atoms with van der Waals surface area (Å²) in [5, 5.41) is 1.15. The van der Waals surface area contributed by atoms with Crippen LogP contribution in [0.4, 0.5) is 0 Å². The van der Waals surface area contributed by atoms with Crippen LogP contribution in [0, 0.1) is 3.57 Å². The number of hydrogen-bond donors (Lipinski definition) is 1. The van der Waals surface area contributed by atoms with Crippen LogP contribution < -0.4 is 5.56 Å². The average molecular weight is 313 g/mol. The number of pyridine rings is 1. The largest absolute Gasteiger partial charge is 0.322 e. The lowest BCUT2D eigenvalue weighted by Crippen LogP contribution is -2.07. The van der Waals surface area contributed by atoms with Crippen molar-refractivity contribution in [3.05, 3.63) is 43.8 Å². The molecule has 0 radical (unpaired) electrons. The molecule has 2 rings (SSSR count). The minimum absolute atomic E-state index is 0.0209. The van der Waals surface area contributed by atoms with Crippen molar-refractivity contribution < 1.29 is 0 Å². The van der Waals surface area contributed by atoms with E-state index in [2.05, 4.69) is 47.5 Å². The number of nitrogens with one attached hydrogen (secondary N) is 1. The van der Waals surface area contributed by atoms with Gasteiger partial charge in [-0.05, 0) is 52.3 Å². The maximum Gasteiger partial charge on any atom is 0.248 e. The van der Waals surface area contributed by atoms with E-state index in [0.717, 1.165) is 16.5 Å². The van der Waals surface area contributed by atoms with Gasteiger partial charge in [-0.25, -0.2) is 0 Å². The first kappa shape index (κ1) is 10.7. The molecule has 0 spiro atoms. The Hall–Kier alpha value is -0.840. The van der Waals surface area contributed by atoms with Crippen LogP contribution in [0.2, 0.25) is 0 Å². The molecule has 1 aromatic heterocycles. The van der Waals surface area contributed by atoms with Crippen molar-refractivity contribution in [2.24, 2.45) is 0 Å². The summed E-state index contributed by atoms with van der Waals surface area (Å²) in [5.74, 6) is 0.369. The van der Waals surface area contributed by atoms with Gasteiger partial charge in [-0.15, -0.1) is 0 Å². The summed E-state index contributed by atoms with van der Waals surface area (Å²) in [6, 6.07) is 7.78. The highest BCUT2D eigenvalue weighted by molar-refractivity contribution is 14.1. The van der Waals surface area contributed by atoms with Gasteiger partial charge in [0.25, 0.3) is 0 Å². The molecule has 2 nitrogen and oxygen atoms in total.